The number of anilines is 1. The monoisotopic (exact) mass is 308 g/mol. The van der Waals surface area contributed by atoms with Crippen LogP contribution in [0.1, 0.15) is 18.9 Å². The van der Waals surface area contributed by atoms with Gasteiger partial charge in [-0.05, 0) is 24.1 Å². The van der Waals surface area contributed by atoms with E-state index in [4.69, 9.17) is 0 Å². The van der Waals surface area contributed by atoms with Crippen LogP contribution < -0.4 is 4.90 Å². The molecule has 118 valence electrons. The Hall–Kier alpha value is -2.62. The molecular formula is C19H20N2O2. The zero-order chi connectivity index (χ0) is 16.2. The van der Waals surface area contributed by atoms with Gasteiger partial charge in [0.05, 0.1) is 6.04 Å². The fourth-order valence-corrected chi connectivity index (χ4v) is 3.00. The van der Waals surface area contributed by atoms with E-state index in [0.29, 0.717) is 19.4 Å². The minimum Gasteiger partial charge on any atom is -0.292 e. The van der Waals surface area contributed by atoms with Crippen molar-refractivity contribution >= 4 is 17.6 Å². The van der Waals surface area contributed by atoms with E-state index in [1.54, 1.807) is 11.8 Å². The second-order valence-electron chi connectivity index (χ2n) is 5.69. The Kier molecular flexibility index (Phi) is 4.42. The predicted octanol–water partition coefficient (Wildman–Crippen LogP) is 3.48. The first-order valence-corrected chi connectivity index (χ1v) is 7.93. The average Bonchev–Trinajstić information content (AvgIpc) is 2.92. The molecule has 23 heavy (non-hydrogen) atoms. The van der Waals surface area contributed by atoms with Crippen LogP contribution in [0.25, 0.3) is 0 Å². The van der Waals surface area contributed by atoms with E-state index in [-0.39, 0.29) is 18.0 Å². The zero-order valence-corrected chi connectivity index (χ0v) is 13.2. The normalized spacial score (nSPS) is 17.6. The van der Waals surface area contributed by atoms with E-state index in [9.17, 15) is 9.59 Å². The molecule has 0 unspecified atom stereocenters. The highest BCUT2D eigenvalue weighted by Gasteiger charge is 2.40. The third kappa shape index (κ3) is 3.11. The van der Waals surface area contributed by atoms with Crippen molar-refractivity contribution in [1.82, 2.24) is 4.90 Å². The topological polar surface area (TPSA) is 40.6 Å². The van der Waals surface area contributed by atoms with Gasteiger partial charge in [-0.3, -0.25) is 14.6 Å². The Labute approximate surface area is 136 Å². The maximum absolute atomic E-state index is 12.7. The van der Waals surface area contributed by atoms with Gasteiger partial charge in [-0.1, -0.05) is 55.5 Å². The summed E-state index contributed by atoms with van der Waals surface area (Å²) in [6.07, 6.45) is 1.02. The van der Waals surface area contributed by atoms with Crippen molar-refractivity contribution in [2.75, 3.05) is 11.4 Å². The molecule has 2 aromatic rings. The number of para-hydroxylation sites is 1. The molecule has 0 aromatic heterocycles. The largest absolute Gasteiger partial charge is 0.331 e. The van der Waals surface area contributed by atoms with E-state index in [2.05, 4.69) is 0 Å². The van der Waals surface area contributed by atoms with E-state index in [0.717, 1.165) is 11.3 Å². The summed E-state index contributed by atoms with van der Waals surface area (Å²) in [6, 6.07) is 19.2. The number of imide groups is 1. The van der Waals surface area contributed by atoms with Crippen molar-refractivity contribution < 1.29 is 9.59 Å². The zero-order valence-electron chi connectivity index (χ0n) is 13.2. The van der Waals surface area contributed by atoms with Crippen molar-refractivity contribution in [2.45, 2.75) is 25.8 Å². The summed E-state index contributed by atoms with van der Waals surface area (Å²) in [5, 5.41) is 0. The van der Waals surface area contributed by atoms with Gasteiger partial charge in [0.1, 0.15) is 0 Å². The van der Waals surface area contributed by atoms with Gasteiger partial charge in [-0.25, -0.2) is 4.79 Å². The van der Waals surface area contributed by atoms with Crippen LogP contribution in [0.15, 0.2) is 60.7 Å². The lowest BCUT2D eigenvalue weighted by atomic mass is 10.1. The number of urea groups is 1. The van der Waals surface area contributed by atoms with Gasteiger partial charge in [0.25, 0.3) is 0 Å². The Morgan fingerprint density at radius 3 is 2.26 bits per heavy atom. The fourth-order valence-electron chi connectivity index (χ4n) is 3.00. The molecule has 1 aliphatic rings. The Bertz CT molecular complexity index is 685. The third-order valence-electron chi connectivity index (χ3n) is 4.15. The van der Waals surface area contributed by atoms with Crippen molar-refractivity contribution in [3.05, 3.63) is 66.2 Å². The number of carbonyl (C=O) groups excluding carboxylic acids is 2. The molecule has 0 spiro atoms. The first kappa shape index (κ1) is 15.3. The SMILES string of the molecule is CCC(=O)N1C(=O)N(c2ccccc2)C[C@@H]1Cc1ccccc1. The first-order valence-electron chi connectivity index (χ1n) is 7.93. The lowest BCUT2D eigenvalue weighted by Gasteiger charge is -2.20. The summed E-state index contributed by atoms with van der Waals surface area (Å²) in [5.41, 5.74) is 1.97. The van der Waals surface area contributed by atoms with Crippen molar-refractivity contribution in [3.63, 3.8) is 0 Å². The van der Waals surface area contributed by atoms with E-state index in [1.807, 2.05) is 60.7 Å². The molecule has 1 heterocycles. The maximum atomic E-state index is 12.7. The van der Waals surface area contributed by atoms with Gasteiger partial charge in [-0.2, -0.15) is 0 Å². The van der Waals surface area contributed by atoms with Crippen molar-refractivity contribution in [2.24, 2.45) is 0 Å². The number of benzene rings is 2. The number of hydrogen-bond donors (Lipinski definition) is 0. The number of nitrogens with zero attached hydrogens (tertiary/aromatic N) is 2. The Balaban J connectivity index is 1.87. The second kappa shape index (κ2) is 6.65. The van der Waals surface area contributed by atoms with Crippen LogP contribution in [0.5, 0.6) is 0 Å². The molecule has 2 aromatic carbocycles. The van der Waals surface area contributed by atoms with Gasteiger partial charge < -0.3 is 0 Å². The van der Waals surface area contributed by atoms with E-state index < -0.39 is 0 Å². The molecule has 3 rings (SSSR count). The summed E-state index contributed by atoms with van der Waals surface area (Å²) in [5.74, 6) is -0.116. The summed E-state index contributed by atoms with van der Waals surface area (Å²) >= 11 is 0. The Morgan fingerprint density at radius 1 is 1.04 bits per heavy atom. The predicted molar refractivity (Wildman–Crippen MR) is 90.3 cm³/mol. The molecule has 1 saturated heterocycles. The summed E-state index contributed by atoms with van der Waals surface area (Å²) < 4.78 is 0. The highest BCUT2D eigenvalue weighted by molar-refractivity contribution is 6.05. The van der Waals surface area contributed by atoms with Crippen LogP contribution in [-0.2, 0) is 11.2 Å². The van der Waals surface area contributed by atoms with Crippen molar-refractivity contribution in [1.29, 1.82) is 0 Å². The molecule has 0 radical (unpaired) electrons. The first-order chi connectivity index (χ1) is 11.2. The molecule has 0 aliphatic carbocycles. The van der Waals surface area contributed by atoms with Crippen LogP contribution in [0.3, 0.4) is 0 Å². The molecule has 1 fully saturated rings. The molecule has 0 saturated carbocycles. The lowest BCUT2D eigenvalue weighted by Crippen LogP contribution is -2.40. The standard InChI is InChI=1S/C19H20N2O2/c1-2-18(22)21-17(13-15-9-5-3-6-10-15)14-20(19(21)23)16-11-7-4-8-12-16/h3-12,17H,2,13-14H2,1H3/t17-/m0/s1. The van der Waals surface area contributed by atoms with Gasteiger partial charge in [0, 0.05) is 18.7 Å². The number of amides is 3. The van der Waals surface area contributed by atoms with Gasteiger partial charge >= 0.3 is 6.03 Å². The summed E-state index contributed by atoms with van der Waals surface area (Å²) in [4.78, 5) is 28.1. The lowest BCUT2D eigenvalue weighted by molar-refractivity contribution is -0.128. The van der Waals surface area contributed by atoms with Gasteiger partial charge in [0.2, 0.25) is 5.91 Å². The highest BCUT2D eigenvalue weighted by Crippen LogP contribution is 2.26. The average molecular weight is 308 g/mol. The van der Waals surface area contributed by atoms with E-state index >= 15 is 0 Å². The molecule has 4 heteroatoms. The number of rotatable bonds is 4. The molecule has 1 aliphatic heterocycles. The Morgan fingerprint density at radius 2 is 1.65 bits per heavy atom. The van der Waals surface area contributed by atoms with Crippen LogP contribution >= 0.6 is 0 Å². The van der Waals surface area contributed by atoms with Crippen LogP contribution in [0.2, 0.25) is 0 Å². The minimum atomic E-state index is -0.219. The second-order valence-corrected chi connectivity index (χ2v) is 5.69. The van der Waals surface area contributed by atoms with Crippen LogP contribution in [0.4, 0.5) is 10.5 Å². The highest BCUT2D eigenvalue weighted by atomic mass is 16.2. The smallest absolute Gasteiger partial charge is 0.292 e. The molecule has 0 bridgehead atoms. The molecule has 1 atom stereocenters. The third-order valence-corrected chi connectivity index (χ3v) is 4.15. The summed E-state index contributed by atoms with van der Waals surface area (Å²) in [6.45, 7) is 2.32. The van der Waals surface area contributed by atoms with Gasteiger partial charge in [-0.15, -0.1) is 0 Å². The molecule has 4 nitrogen and oxygen atoms in total. The van der Waals surface area contributed by atoms with Crippen LogP contribution in [-0.4, -0.2) is 29.4 Å². The quantitative estimate of drug-likeness (QED) is 0.867. The van der Waals surface area contributed by atoms with Crippen LogP contribution in [0, 0.1) is 0 Å². The number of hydrogen-bond acceptors (Lipinski definition) is 2. The van der Waals surface area contributed by atoms with Crippen molar-refractivity contribution in [3.8, 4) is 0 Å². The number of carbonyl (C=O) groups is 2. The minimum absolute atomic E-state index is 0.116. The molecule has 0 N–H and O–H groups in total. The van der Waals surface area contributed by atoms with E-state index in [1.165, 1.54) is 4.90 Å². The molecule has 3 amide bonds. The maximum Gasteiger partial charge on any atom is 0.331 e. The fraction of sp³-hybridized carbons (Fsp3) is 0.263. The molecular weight excluding hydrogens is 288 g/mol. The van der Waals surface area contributed by atoms with Gasteiger partial charge in [0.15, 0.2) is 0 Å². The summed E-state index contributed by atoms with van der Waals surface area (Å²) in [7, 11) is 0.